The van der Waals surface area contributed by atoms with Crippen molar-refractivity contribution < 1.29 is 9.53 Å². The normalized spacial score (nSPS) is 12.7. The van der Waals surface area contributed by atoms with Crippen LogP contribution in [0.2, 0.25) is 0 Å². The van der Waals surface area contributed by atoms with Gasteiger partial charge in [0.25, 0.3) is 5.91 Å². The second-order valence-corrected chi connectivity index (χ2v) is 7.33. The molecular formula is C22H21N5O2. The van der Waals surface area contributed by atoms with Crippen molar-refractivity contribution in [2.24, 2.45) is 0 Å². The Kier molecular flexibility index (Phi) is 4.77. The predicted octanol–water partition coefficient (Wildman–Crippen LogP) is 3.39. The molecule has 4 rings (SSSR count). The van der Waals surface area contributed by atoms with Gasteiger partial charge in [0.2, 0.25) is 0 Å². The number of hydrogen-bond acceptors (Lipinski definition) is 5. The van der Waals surface area contributed by atoms with E-state index in [-0.39, 0.29) is 12.0 Å². The molecule has 0 aliphatic carbocycles. The molecule has 2 aromatic heterocycles. The SMILES string of the molecule is Cc1cccc(-n2cc3c(n2)CN(C(=O)c2cc(C#N)ccc2OC(C)C)C3)n1. The highest BCUT2D eigenvalue weighted by molar-refractivity contribution is 5.97. The molecule has 1 amide bonds. The van der Waals surface area contributed by atoms with E-state index in [1.165, 1.54) is 0 Å². The minimum Gasteiger partial charge on any atom is -0.490 e. The highest BCUT2D eigenvalue weighted by Gasteiger charge is 2.29. The number of carbonyl (C=O) groups excluding carboxylic acids is 1. The fraction of sp³-hybridized carbons (Fsp3) is 0.273. The van der Waals surface area contributed by atoms with Crippen LogP contribution in [-0.2, 0) is 13.1 Å². The number of carbonyl (C=O) groups is 1. The smallest absolute Gasteiger partial charge is 0.258 e. The standard InChI is InChI=1S/C22H21N5O2/c1-14(2)29-20-8-7-16(10-23)9-18(20)22(28)26-11-17-12-27(25-19(17)13-26)21-6-4-5-15(3)24-21/h4-9,12,14H,11,13H2,1-3H3. The van der Waals surface area contributed by atoms with E-state index in [0.29, 0.717) is 30.0 Å². The van der Waals surface area contributed by atoms with E-state index in [0.717, 1.165) is 22.8 Å². The summed E-state index contributed by atoms with van der Waals surface area (Å²) in [5, 5.41) is 13.8. The lowest BCUT2D eigenvalue weighted by Crippen LogP contribution is -2.27. The summed E-state index contributed by atoms with van der Waals surface area (Å²) < 4.78 is 7.54. The second kappa shape index (κ2) is 7.40. The first-order chi connectivity index (χ1) is 13.9. The zero-order chi connectivity index (χ0) is 20.5. The minimum atomic E-state index is -0.170. The van der Waals surface area contributed by atoms with Gasteiger partial charge in [-0.15, -0.1) is 0 Å². The molecule has 0 fully saturated rings. The Morgan fingerprint density at radius 1 is 1.24 bits per heavy atom. The van der Waals surface area contributed by atoms with E-state index < -0.39 is 0 Å². The van der Waals surface area contributed by atoms with Crippen molar-refractivity contribution >= 4 is 5.91 Å². The predicted molar refractivity (Wildman–Crippen MR) is 107 cm³/mol. The topological polar surface area (TPSA) is 84.0 Å². The van der Waals surface area contributed by atoms with Gasteiger partial charge in [0, 0.05) is 24.0 Å². The summed E-state index contributed by atoms with van der Waals surface area (Å²) in [5.41, 5.74) is 3.59. The largest absolute Gasteiger partial charge is 0.490 e. The number of pyridine rings is 1. The molecule has 0 N–H and O–H groups in total. The number of nitrogens with zero attached hydrogens (tertiary/aromatic N) is 5. The third kappa shape index (κ3) is 3.69. The van der Waals surface area contributed by atoms with Gasteiger partial charge in [-0.2, -0.15) is 10.4 Å². The first-order valence-electron chi connectivity index (χ1n) is 9.46. The van der Waals surface area contributed by atoms with Crippen molar-refractivity contribution in [3.8, 4) is 17.6 Å². The number of amides is 1. The average Bonchev–Trinajstić information content (AvgIpc) is 3.26. The summed E-state index contributed by atoms with van der Waals surface area (Å²) in [5.74, 6) is 1.07. The maximum atomic E-state index is 13.2. The summed E-state index contributed by atoms with van der Waals surface area (Å²) >= 11 is 0. The zero-order valence-electron chi connectivity index (χ0n) is 16.6. The summed E-state index contributed by atoms with van der Waals surface area (Å²) in [6.45, 7) is 6.61. The number of benzene rings is 1. The first kappa shape index (κ1) is 18.7. The van der Waals surface area contributed by atoms with Gasteiger partial charge >= 0.3 is 0 Å². The van der Waals surface area contributed by atoms with Crippen LogP contribution < -0.4 is 4.74 Å². The molecule has 0 atom stereocenters. The highest BCUT2D eigenvalue weighted by Crippen LogP contribution is 2.28. The summed E-state index contributed by atoms with van der Waals surface area (Å²) in [7, 11) is 0. The van der Waals surface area contributed by atoms with Gasteiger partial charge in [-0.25, -0.2) is 9.67 Å². The van der Waals surface area contributed by atoms with Crippen molar-refractivity contribution in [1.29, 1.82) is 5.26 Å². The molecular weight excluding hydrogens is 366 g/mol. The number of hydrogen-bond donors (Lipinski definition) is 0. The van der Waals surface area contributed by atoms with E-state index in [2.05, 4.69) is 16.2 Å². The Bertz CT molecular complexity index is 1100. The quantitative estimate of drug-likeness (QED) is 0.685. The Hall–Kier alpha value is -3.66. The molecule has 146 valence electrons. The van der Waals surface area contributed by atoms with E-state index >= 15 is 0 Å². The molecule has 3 aromatic rings. The Morgan fingerprint density at radius 3 is 2.76 bits per heavy atom. The Morgan fingerprint density at radius 2 is 2.07 bits per heavy atom. The van der Waals surface area contributed by atoms with Gasteiger partial charge in [0.15, 0.2) is 5.82 Å². The monoisotopic (exact) mass is 387 g/mol. The van der Waals surface area contributed by atoms with Crippen molar-refractivity contribution in [2.75, 3.05) is 0 Å². The maximum absolute atomic E-state index is 13.2. The van der Waals surface area contributed by atoms with E-state index in [9.17, 15) is 10.1 Å². The third-order valence-electron chi connectivity index (χ3n) is 4.68. The molecule has 1 aliphatic heterocycles. The van der Waals surface area contributed by atoms with Crippen molar-refractivity contribution in [3.05, 3.63) is 70.7 Å². The Balaban J connectivity index is 1.58. The number of fused-ring (bicyclic) bond motifs is 1. The summed E-state index contributed by atoms with van der Waals surface area (Å²) in [6, 6.07) is 12.8. The fourth-order valence-corrected chi connectivity index (χ4v) is 3.36. The van der Waals surface area contributed by atoms with Gasteiger partial charge in [-0.05, 0) is 51.1 Å². The molecule has 0 saturated carbocycles. The van der Waals surface area contributed by atoms with Gasteiger partial charge in [-0.3, -0.25) is 4.79 Å². The van der Waals surface area contributed by atoms with Gasteiger partial charge in [-0.1, -0.05) is 6.07 Å². The van der Waals surface area contributed by atoms with Crippen LogP contribution in [0, 0.1) is 18.3 Å². The van der Waals surface area contributed by atoms with E-state index in [1.807, 2.05) is 45.2 Å². The molecule has 0 bridgehead atoms. The van der Waals surface area contributed by atoms with Gasteiger partial charge < -0.3 is 9.64 Å². The van der Waals surface area contributed by atoms with Crippen LogP contribution in [0.3, 0.4) is 0 Å². The lowest BCUT2D eigenvalue weighted by atomic mass is 10.1. The molecule has 7 nitrogen and oxygen atoms in total. The van der Waals surface area contributed by atoms with Crippen molar-refractivity contribution in [3.63, 3.8) is 0 Å². The van der Waals surface area contributed by atoms with E-state index in [4.69, 9.17) is 4.74 Å². The molecule has 29 heavy (non-hydrogen) atoms. The maximum Gasteiger partial charge on any atom is 0.258 e. The van der Waals surface area contributed by atoms with Crippen LogP contribution in [-0.4, -0.2) is 31.7 Å². The summed E-state index contributed by atoms with van der Waals surface area (Å²) in [6.07, 6.45) is 1.84. The van der Waals surface area contributed by atoms with Crippen molar-refractivity contribution in [1.82, 2.24) is 19.7 Å². The molecule has 3 heterocycles. The van der Waals surface area contributed by atoms with Crippen LogP contribution in [0.5, 0.6) is 5.75 Å². The molecule has 0 saturated heterocycles. The fourth-order valence-electron chi connectivity index (χ4n) is 3.36. The number of aromatic nitrogens is 3. The molecule has 1 aliphatic rings. The number of aryl methyl sites for hydroxylation is 1. The lowest BCUT2D eigenvalue weighted by Gasteiger charge is -2.19. The van der Waals surface area contributed by atoms with Crippen molar-refractivity contribution in [2.45, 2.75) is 40.0 Å². The lowest BCUT2D eigenvalue weighted by molar-refractivity contribution is 0.0743. The second-order valence-electron chi connectivity index (χ2n) is 7.33. The van der Waals surface area contributed by atoms with Gasteiger partial charge in [0.05, 0.1) is 35.5 Å². The summed E-state index contributed by atoms with van der Waals surface area (Å²) in [4.78, 5) is 19.4. The van der Waals surface area contributed by atoms with E-state index in [1.54, 1.807) is 27.8 Å². The molecule has 0 spiro atoms. The minimum absolute atomic E-state index is 0.0742. The zero-order valence-corrected chi connectivity index (χ0v) is 16.6. The Labute approximate surface area is 169 Å². The van der Waals surface area contributed by atoms with Gasteiger partial charge in [0.1, 0.15) is 5.75 Å². The number of nitriles is 1. The van der Waals surface area contributed by atoms with Crippen LogP contribution in [0.1, 0.15) is 46.7 Å². The van der Waals surface area contributed by atoms with Crippen LogP contribution in [0.4, 0.5) is 0 Å². The number of ether oxygens (including phenoxy) is 1. The molecule has 1 aromatic carbocycles. The highest BCUT2D eigenvalue weighted by atomic mass is 16.5. The number of rotatable bonds is 4. The van der Waals surface area contributed by atoms with Crippen LogP contribution in [0.25, 0.3) is 5.82 Å². The molecule has 0 radical (unpaired) electrons. The van der Waals surface area contributed by atoms with Crippen LogP contribution >= 0.6 is 0 Å². The van der Waals surface area contributed by atoms with Crippen LogP contribution in [0.15, 0.2) is 42.6 Å². The average molecular weight is 387 g/mol. The third-order valence-corrected chi connectivity index (χ3v) is 4.68. The first-order valence-corrected chi connectivity index (χ1v) is 9.46. The molecule has 7 heteroatoms. The molecule has 0 unspecified atom stereocenters.